The molecule has 0 amide bonds. The van der Waals surface area contributed by atoms with E-state index in [2.05, 4.69) is 110 Å². The van der Waals surface area contributed by atoms with Gasteiger partial charge in [0.1, 0.15) is 12.8 Å². The van der Waals surface area contributed by atoms with Gasteiger partial charge in [0.25, 0.3) is 0 Å². The lowest BCUT2D eigenvalue weighted by Crippen LogP contribution is -2.66. The molecule has 0 saturated heterocycles. The van der Waals surface area contributed by atoms with E-state index in [1.54, 1.807) is 7.11 Å². The molecule has 9 atom stereocenters. The van der Waals surface area contributed by atoms with Gasteiger partial charge in [0.05, 0.1) is 11.7 Å². The van der Waals surface area contributed by atoms with Gasteiger partial charge in [0.2, 0.25) is 0 Å². The summed E-state index contributed by atoms with van der Waals surface area (Å²) in [5.41, 5.74) is 2.08. The van der Waals surface area contributed by atoms with Gasteiger partial charge in [-0.3, -0.25) is 0 Å². The molecule has 40 heavy (non-hydrogen) atoms. The van der Waals surface area contributed by atoms with E-state index < -0.39 is 25.0 Å². The zero-order valence-electron chi connectivity index (χ0n) is 28.1. The van der Waals surface area contributed by atoms with Crippen molar-refractivity contribution in [1.82, 2.24) is 0 Å². The van der Waals surface area contributed by atoms with Gasteiger partial charge in [-0.25, -0.2) is 0 Å². The van der Waals surface area contributed by atoms with Gasteiger partial charge in [-0.1, -0.05) is 37.6 Å². The minimum absolute atomic E-state index is 0.00379. The molecule has 7 unspecified atom stereocenters. The van der Waals surface area contributed by atoms with Crippen LogP contribution >= 0.6 is 0 Å². The summed E-state index contributed by atoms with van der Waals surface area (Å²) in [5.74, 6) is 2.09. The number of hydrogen-bond acceptors (Lipinski definition) is 5. The summed E-state index contributed by atoms with van der Waals surface area (Å²) >= 11 is 0. The number of allylic oxidation sites excluding steroid dienone is 4. The van der Waals surface area contributed by atoms with Crippen LogP contribution in [-0.4, -0.2) is 55.6 Å². The minimum Gasteiger partial charge on any atom is -0.414 e. The third-order valence-electron chi connectivity index (χ3n) is 10.4. The molecule has 0 bridgehead atoms. The Hall–Kier alpha value is -0.519. The predicted octanol–water partition coefficient (Wildman–Crippen LogP) is 8.63. The summed E-state index contributed by atoms with van der Waals surface area (Å²) in [4.78, 5) is 5.17. The van der Waals surface area contributed by atoms with E-state index in [-0.39, 0.29) is 28.6 Å². The molecule has 228 valence electrons. The molecule has 4 aliphatic carbocycles. The van der Waals surface area contributed by atoms with Crippen LogP contribution in [0.4, 0.5) is 0 Å². The highest BCUT2D eigenvalue weighted by atomic mass is 28.4. The van der Waals surface area contributed by atoms with Crippen molar-refractivity contribution in [3.63, 3.8) is 0 Å². The number of fused-ring (bicyclic) bond motifs is 5. The first-order chi connectivity index (χ1) is 18.2. The highest BCUT2D eigenvalue weighted by molar-refractivity contribution is 6.70. The van der Waals surface area contributed by atoms with Crippen LogP contribution in [-0.2, 0) is 18.1 Å². The highest BCUT2D eigenvalue weighted by Gasteiger charge is 2.70. The fraction of sp³-hybridized carbons (Fsp3) is 0.844. The van der Waals surface area contributed by atoms with Crippen LogP contribution in [0.5, 0.6) is 0 Å². The van der Waals surface area contributed by atoms with Crippen molar-refractivity contribution in [2.75, 3.05) is 7.11 Å². The smallest absolute Gasteiger partial charge is 0.184 e. The Labute approximate surface area is 248 Å². The minimum atomic E-state index is -1.88. The van der Waals surface area contributed by atoms with Crippen LogP contribution in [0.2, 0.25) is 58.9 Å². The maximum absolute atomic E-state index is 7.46. The normalized spacial score (nSPS) is 41.7. The van der Waals surface area contributed by atoms with E-state index in [4.69, 9.17) is 18.1 Å². The number of nitrogens with zero attached hydrogens (tertiary/aromatic N) is 1. The van der Waals surface area contributed by atoms with E-state index in [9.17, 15) is 0 Å². The Kier molecular flexibility index (Phi) is 8.57. The Morgan fingerprint density at radius 1 is 0.975 bits per heavy atom. The SMILES string of the molecule is CO/N=C1\C=CC2(C)C(=C1)[C@@H](C)CC1C2C(O[Si](C)(C)C)CC2(C)C1CC[C@]2(O[Si](C)(C)C)C(C)O[Si](C)(C)C. The third kappa shape index (κ3) is 5.83. The molecule has 0 radical (unpaired) electrons. The fourth-order valence-corrected chi connectivity index (χ4v) is 13.5. The predicted molar refractivity (Wildman–Crippen MR) is 175 cm³/mol. The first-order valence-corrected chi connectivity index (χ1v) is 26.0. The maximum atomic E-state index is 7.46. The van der Waals surface area contributed by atoms with Crippen molar-refractivity contribution >= 4 is 30.7 Å². The van der Waals surface area contributed by atoms with Gasteiger partial charge in [-0.15, -0.1) is 0 Å². The van der Waals surface area contributed by atoms with Crippen molar-refractivity contribution in [3.05, 3.63) is 23.8 Å². The van der Waals surface area contributed by atoms with E-state index >= 15 is 0 Å². The largest absolute Gasteiger partial charge is 0.414 e. The van der Waals surface area contributed by atoms with Crippen LogP contribution in [0.1, 0.15) is 53.4 Å². The fourth-order valence-electron chi connectivity index (χ4n) is 9.56. The van der Waals surface area contributed by atoms with Gasteiger partial charge in [-0.05, 0) is 127 Å². The molecule has 0 N–H and O–H groups in total. The summed E-state index contributed by atoms with van der Waals surface area (Å²) in [6.45, 7) is 30.9. The second-order valence-corrected chi connectivity index (χ2v) is 30.1. The van der Waals surface area contributed by atoms with E-state index in [1.165, 1.54) is 18.4 Å². The van der Waals surface area contributed by atoms with E-state index in [0.29, 0.717) is 23.7 Å². The highest BCUT2D eigenvalue weighted by Crippen LogP contribution is 2.70. The first kappa shape index (κ1) is 32.4. The molecular weight excluding hydrogens is 547 g/mol. The third-order valence-corrected chi connectivity index (χ3v) is 13.4. The average molecular weight is 606 g/mol. The van der Waals surface area contributed by atoms with Crippen LogP contribution in [0.15, 0.2) is 29.0 Å². The maximum Gasteiger partial charge on any atom is 0.184 e. The average Bonchev–Trinajstić information content (AvgIpc) is 3.04. The Bertz CT molecular complexity index is 1050. The standard InChI is InChI=1S/C32H59NO4Si3/c1-22-19-25-26-16-18-32(37-40(12,13)14,23(2)35-38(6,7)8)31(26,4)21-28(36-39(9,10)11)29(25)30(3)17-15-24(33-34-5)20-27(22)30/h15,17,20,22-23,25-26,28-29H,16,18-19,21H2,1-14H3/b33-24+/t22-,23?,25?,26?,28?,29?,30?,31?,32-/m0/s1. The van der Waals surface area contributed by atoms with Gasteiger partial charge < -0.3 is 18.1 Å². The summed E-state index contributed by atoms with van der Waals surface area (Å²) in [6, 6.07) is 0. The molecule has 0 heterocycles. The monoisotopic (exact) mass is 605 g/mol. The quantitative estimate of drug-likeness (QED) is 0.205. The molecule has 0 aromatic rings. The molecule has 0 spiro atoms. The van der Waals surface area contributed by atoms with Gasteiger partial charge in [0, 0.05) is 16.9 Å². The van der Waals surface area contributed by atoms with Gasteiger partial charge in [0.15, 0.2) is 25.0 Å². The number of hydrogen-bond donors (Lipinski definition) is 0. The van der Waals surface area contributed by atoms with Crippen molar-refractivity contribution in [3.8, 4) is 0 Å². The molecule has 0 aliphatic heterocycles. The topological polar surface area (TPSA) is 49.3 Å². The molecule has 3 saturated carbocycles. The van der Waals surface area contributed by atoms with Crippen molar-refractivity contribution in [1.29, 1.82) is 0 Å². The molecule has 4 aliphatic rings. The molecular formula is C32H59NO4Si3. The van der Waals surface area contributed by atoms with Gasteiger partial charge in [-0.2, -0.15) is 0 Å². The lowest BCUT2D eigenvalue weighted by atomic mass is 9.44. The van der Waals surface area contributed by atoms with E-state index in [0.717, 1.165) is 18.6 Å². The molecule has 4 rings (SSSR count). The summed E-state index contributed by atoms with van der Waals surface area (Å²) < 4.78 is 21.7. The van der Waals surface area contributed by atoms with Crippen LogP contribution in [0.25, 0.3) is 0 Å². The summed E-state index contributed by atoms with van der Waals surface area (Å²) in [5, 5.41) is 4.29. The lowest BCUT2D eigenvalue weighted by Gasteiger charge is -2.64. The van der Waals surface area contributed by atoms with Crippen molar-refractivity contribution in [2.45, 2.75) is 130 Å². The molecule has 0 aromatic heterocycles. The zero-order valence-corrected chi connectivity index (χ0v) is 31.1. The molecule has 5 nitrogen and oxygen atoms in total. The van der Waals surface area contributed by atoms with Gasteiger partial charge >= 0.3 is 0 Å². The Morgan fingerprint density at radius 2 is 1.62 bits per heavy atom. The lowest BCUT2D eigenvalue weighted by molar-refractivity contribution is -0.182. The Morgan fingerprint density at radius 3 is 2.17 bits per heavy atom. The summed E-state index contributed by atoms with van der Waals surface area (Å²) in [7, 11) is -3.86. The number of rotatable bonds is 8. The molecule has 8 heteroatoms. The van der Waals surface area contributed by atoms with Crippen LogP contribution in [0.3, 0.4) is 0 Å². The molecule has 0 aromatic carbocycles. The second-order valence-electron chi connectivity index (χ2n) is 16.8. The van der Waals surface area contributed by atoms with Crippen LogP contribution in [0, 0.1) is 34.5 Å². The first-order valence-electron chi connectivity index (χ1n) is 15.7. The van der Waals surface area contributed by atoms with Crippen LogP contribution < -0.4 is 0 Å². The van der Waals surface area contributed by atoms with Crippen molar-refractivity contribution in [2.24, 2.45) is 39.7 Å². The molecule has 3 fully saturated rings. The van der Waals surface area contributed by atoms with E-state index in [1.807, 2.05) is 0 Å². The summed E-state index contributed by atoms with van der Waals surface area (Å²) in [6.07, 6.45) is 11.7. The second kappa shape index (κ2) is 10.6. The Balaban J connectivity index is 1.86. The van der Waals surface area contributed by atoms with Crippen molar-refractivity contribution < 1.29 is 18.1 Å². The number of oxime groups is 1. The zero-order chi connectivity index (χ0) is 30.1.